The smallest absolute Gasteiger partial charge is 0.0835 e. The second-order valence-electron chi connectivity index (χ2n) is 8.30. The predicted octanol–water partition coefficient (Wildman–Crippen LogP) is 8.77. The van der Waals surface area contributed by atoms with Crippen molar-refractivity contribution >= 4 is 0 Å². The molecule has 0 heterocycles. The van der Waals surface area contributed by atoms with Gasteiger partial charge in [0.25, 0.3) is 0 Å². The summed E-state index contributed by atoms with van der Waals surface area (Å²) in [4.78, 5) is 0. The summed E-state index contributed by atoms with van der Waals surface area (Å²) < 4.78 is 6.94. The topological polar surface area (TPSA) is 9.23 Å². The lowest BCUT2D eigenvalue weighted by molar-refractivity contribution is -0.0255. The van der Waals surface area contributed by atoms with Crippen LogP contribution in [0, 0.1) is 0 Å². The van der Waals surface area contributed by atoms with E-state index in [1.165, 1.54) is 47.9 Å². The van der Waals surface area contributed by atoms with Gasteiger partial charge in [-0.3, -0.25) is 0 Å². The van der Waals surface area contributed by atoms with E-state index in [0.29, 0.717) is 0 Å². The van der Waals surface area contributed by atoms with Gasteiger partial charge in [0, 0.05) is 0 Å². The zero-order valence-corrected chi connectivity index (χ0v) is 19.3. The molecule has 0 amide bonds. The van der Waals surface area contributed by atoms with Gasteiger partial charge in [-0.1, -0.05) is 102 Å². The monoisotopic (exact) mass is 394 g/mol. The van der Waals surface area contributed by atoms with Crippen molar-refractivity contribution in [2.75, 3.05) is 0 Å². The molecule has 1 heteroatoms. The first-order valence-corrected chi connectivity index (χ1v) is 12.1. The van der Waals surface area contributed by atoms with Crippen molar-refractivity contribution in [3.05, 3.63) is 70.8 Å². The molecule has 2 atom stereocenters. The largest absolute Gasteiger partial charge is 0.366 e. The van der Waals surface area contributed by atoms with E-state index in [1.54, 1.807) is 0 Å². The molecular formula is C28H42O. The lowest BCUT2D eigenvalue weighted by Crippen LogP contribution is -2.14. The Labute approximate surface area is 179 Å². The third kappa shape index (κ3) is 7.30. The lowest BCUT2D eigenvalue weighted by Gasteiger charge is -2.28. The SMILES string of the molecule is CCCCc1ccccc1C(CCC)OC(CCC)c1ccccc1CCCC. The van der Waals surface area contributed by atoms with E-state index in [0.717, 1.165) is 38.5 Å². The summed E-state index contributed by atoms with van der Waals surface area (Å²) in [6.07, 6.45) is 12.1. The molecule has 0 spiro atoms. The third-order valence-electron chi connectivity index (χ3n) is 5.83. The molecular weight excluding hydrogens is 352 g/mol. The zero-order chi connectivity index (χ0) is 20.9. The molecule has 2 aromatic carbocycles. The molecule has 0 N–H and O–H groups in total. The second-order valence-corrected chi connectivity index (χ2v) is 8.30. The van der Waals surface area contributed by atoms with Gasteiger partial charge >= 0.3 is 0 Å². The molecule has 0 aliphatic heterocycles. The minimum absolute atomic E-state index is 0.184. The van der Waals surface area contributed by atoms with Gasteiger partial charge in [-0.15, -0.1) is 0 Å². The quantitative estimate of drug-likeness (QED) is 0.311. The molecule has 2 rings (SSSR count). The molecule has 0 aliphatic rings. The Hall–Kier alpha value is -1.60. The van der Waals surface area contributed by atoms with Crippen molar-refractivity contribution in [3.8, 4) is 0 Å². The maximum Gasteiger partial charge on any atom is 0.0835 e. The van der Waals surface area contributed by atoms with Crippen molar-refractivity contribution < 1.29 is 4.74 Å². The van der Waals surface area contributed by atoms with E-state index < -0.39 is 0 Å². The fourth-order valence-electron chi connectivity index (χ4n) is 4.20. The first kappa shape index (κ1) is 23.7. The molecule has 0 bridgehead atoms. The Kier molecular flexibility index (Phi) is 11.1. The van der Waals surface area contributed by atoms with E-state index in [-0.39, 0.29) is 12.2 Å². The molecule has 29 heavy (non-hydrogen) atoms. The number of hydrogen-bond donors (Lipinski definition) is 0. The average Bonchev–Trinajstić information content (AvgIpc) is 2.76. The van der Waals surface area contributed by atoms with Crippen LogP contribution in [0.1, 0.15) is 114 Å². The Bertz CT molecular complexity index is 631. The van der Waals surface area contributed by atoms with Gasteiger partial charge < -0.3 is 4.74 Å². The van der Waals surface area contributed by atoms with Crippen LogP contribution in [0.3, 0.4) is 0 Å². The molecule has 2 unspecified atom stereocenters. The number of ether oxygens (including phenoxy) is 1. The van der Waals surface area contributed by atoms with E-state index in [2.05, 4.69) is 76.2 Å². The fourth-order valence-corrected chi connectivity index (χ4v) is 4.20. The van der Waals surface area contributed by atoms with Crippen molar-refractivity contribution in [2.45, 2.75) is 104 Å². The van der Waals surface area contributed by atoms with E-state index in [1.807, 2.05) is 0 Å². The minimum Gasteiger partial charge on any atom is -0.366 e. The van der Waals surface area contributed by atoms with Crippen molar-refractivity contribution in [1.82, 2.24) is 0 Å². The van der Waals surface area contributed by atoms with Crippen LogP contribution >= 0.6 is 0 Å². The first-order chi connectivity index (χ1) is 14.2. The number of rotatable bonds is 14. The predicted molar refractivity (Wildman–Crippen MR) is 126 cm³/mol. The zero-order valence-electron chi connectivity index (χ0n) is 19.3. The summed E-state index contributed by atoms with van der Waals surface area (Å²) in [7, 11) is 0. The highest BCUT2D eigenvalue weighted by molar-refractivity contribution is 5.32. The van der Waals surface area contributed by atoms with Crippen LogP contribution < -0.4 is 0 Å². The van der Waals surface area contributed by atoms with Crippen LogP contribution in [0.2, 0.25) is 0 Å². The Morgan fingerprint density at radius 2 is 1.00 bits per heavy atom. The van der Waals surface area contributed by atoms with Crippen LogP contribution in [0.4, 0.5) is 0 Å². The van der Waals surface area contributed by atoms with E-state index in [4.69, 9.17) is 4.74 Å². The number of aryl methyl sites for hydroxylation is 2. The van der Waals surface area contributed by atoms with Gasteiger partial charge in [0.2, 0.25) is 0 Å². The second kappa shape index (κ2) is 13.6. The molecule has 0 saturated carbocycles. The van der Waals surface area contributed by atoms with Gasteiger partial charge in [-0.25, -0.2) is 0 Å². The molecule has 0 aliphatic carbocycles. The molecule has 1 nitrogen and oxygen atoms in total. The number of hydrogen-bond acceptors (Lipinski definition) is 1. The van der Waals surface area contributed by atoms with Crippen LogP contribution in [-0.4, -0.2) is 0 Å². The summed E-state index contributed by atoms with van der Waals surface area (Å²) in [5, 5.41) is 0. The highest BCUT2D eigenvalue weighted by atomic mass is 16.5. The molecule has 0 fully saturated rings. The van der Waals surface area contributed by atoms with E-state index >= 15 is 0 Å². The van der Waals surface area contributed by atoms with Crippen LogP contribution in [0.15, 0.2) is 48.5 Å². The van der Waals surface area contributed by atoms with E-state index in [9.17, 15) is 0 Å². The number of benzene rings is 2. The molecule has 160 valence electrons. The van der Waals surface area contributed by atoms with Crippen molar-refractivity contribution in [1.29, 1.82) is 0 Å². The maximum absolute atomic E-state index is 6.94. The molecule has 0 saturated heterocycles. The van der Waals surface area contributed by atoms with Crippen molar-refractivity contribution in [2.24, 2.45) is 0 Å². The third-order valence-corrected chi connectivity index (χ3v) is 5.83. The Morgan fingerprint density at radius 1 is 0.586 bits per heavy atom. The van der Waals surface area contributed by atoms with Gasteiger partial charge in [0.15, 0.2) is 0 Å². The highest BCUT2D eigenvalue weighted by Gasteiger charge is 2.22. The summed E-state index contributed by atoms with van der Waals surface area (Å²) >= 11 is 0. The van der Waals surface area contributed by atoms with Gasteiger partial charge in [-0.05, 0) is 60.8 Å². The molecule has 2 aromatic rings. The maximum atomic E-state index is 6.94. The molecule has 0 radical (unpaired) electrons. The fraction of sp³-hybridized carbons (Fsp3) is 0.571. The standard InChI is InChI=1S/C28H42O/c1-5-9-17-23-19-11-13-21-25(23)27(15-7-3)29-28(16-8-4)26-22-14-12-20-24(26)18-10-6-2/h11-14,19-22,27-28H,5-10,15-18H2,1-4H3. The summed E-state index contributed by atoms with van der Waals surface area (Å²) in [5.41, 5.74) is 5.77. The van der Waals surface area contributed by atoms with Crippen molar-refractivity contribution in [3.63, 3.8) is 0 Å². The van der Waals surface area contributed by atoms with Gasteiger partial charge in [-0.2, -0.15) is 0 Å². The average molecular weight is 395 g/mol. The summed E-state index contributed by atoms with van der Waals surface area (Å²) in [6, 6.07) is 17.9. The summed E-state index contributed by atoms with van der Waals surface area (Å²) in [6.45, 7) is 9.09. The van der Waals surface area contributed by atoms with Gasteiger partial charge in [0.1, 0.15) is 0 Å². The lowest BCUT2D eigenvalue weighted by atomic mass is 9.93. The van der Waals surface area contributed by atoms with Gasteiger partial charge in [0.05, 0.1) is 12.2 Å². The minimum atomic E-state index is 0.184. The van der Waals surface area contributed by atoms with Crippen LogP contribution in [-0.2, 0) is 17.6 Å². The first-order valence-electron chi connectivity index (χ1n) is 12.1. The normalized spacial score (nSPS) is 13.4. The Morgan fingerprint density at radius 3 is 1.38 bits per heavy atom. The van der Waals surface area contributed by atoms with Crippen LogP contribution in [0.5, 0.6) is 0 Å². The summed E-state index contributed by atoms with van der Waals surface area (Å²) in [5.74, 6) is 0. The number of unbranched alkanes of at least 4 members (excludes halogenated alkanes) is 2. The van der Waals surface area contributed by atoms with Crippen LogP contribution in [0.25, 0.3) is 0 Å². The molecule has 0 aromatic heterocycles. The Balaban J connectivity index is 2.31. The highest BCUT2D eigenvalue weighted by Crippen LogP contribution is 2.36.